The molecule has 1 aromatic carbocycles. The van der Waals surface area contributed by atoms with E-state index >= 15 is 0 Å². The molecule has 1 rings (SSSR count). The van der Waals surface area contributed by atoms with Crippen molar-refractivity contribution in [2.24, 2.45) is 0 Å². The summed E-state index contributed by atoms with van der Waals surface area (Å²) in [6.07, 6.45) is 2.32. The van der Waals surface area contributed by atoms with Crippen LogP contribution < -0.4 is 4.74 Å². The smallest absolute Gasteiger partial charge is 0.124 e. The summed E-state index contributed by atoms with van der Waals surface area (Å²) in [5.41, 5.74) is 1.11. The van der Waals surface area contributed by atoms with Gasteiger partial charge in [0.05, 0.1) is 13.2 Å². The molecule has 0 aromatic heterocycles. The summed E-state index contributed by atoms with van der Waals surface area (Å²) < 4.78 is 11.2. The van der Waals surface area contributed by atoms with E-state index < -0.39 is 0 Å². The number of methoxy groups -OCH3 is 1. The average molecular weight is 287 g/mol. The van der Waals surface area contributed by atoms with Gasteiger partial charge in [-0.25, -0.2) is 0 Å². The van der Waals surface area contributed by atoms with Crippen LogP contribution in [0.5, 0.6) is 5.75 Å². The number of alkyl halides is 1. The summed E-state index contributed by atoms with van der Waals surface area (Å²) in [5.74, 6) is 0.892. The molecule has 0 spiro atoms. The first-order valence-electron chi connectivity index (χ1n) is 5.64. The van der Waals surface area contributed by atoms with Crippen LogP contribution >= 0.6 is 15.9 Å². The van der Waals surface area contributed by atoms with E-state index in [4.69, 9.17) is 9.47 Å². The van der Waals surface area contributed by atoms with Gasteiger partial charge < -0.3 is 9.47 Å². The van der Waals surface area contributed by atoms with Gasteiger partial charge in [0.15, 0.2) is 0 Å². The zero-order chi connectivity index (χ0) is 11.8. The van der Waals surface area contributed by atoms with E-state index in [1.54, 1.807) is 7.11 Å². The molecular formula is C13H19BrO2. The van der Waals surface area contributed by atoms with Gasteiger partial charge in [0, 0.05) is 17.5 Å². The van der Waals surface area contributed by atoms with Gasteiger partial charge >= 0.3 is 0 Å². The van der Waals surface area contributed by atoms with E-state index in [1.165, 1.54) is 0 Å². The first-order valence-corrected chi connectivity index (χ1v) is 6.76. The molecule has 1 unspecified atom stereocenters. The lowest BCUT2D eigenvalue weighted by Crippen LogP contribution is -2.08. The summed E-state index contributed by atoms with van der Waals surface area (Å²) >= 11 is 3.49. The standard InChI is InChI=1S/C13H19BrO2/c1-3-4-9-16-13(10-14)11-7-5-6-8-12(11)15-2/h5-8,13H,3-4,9-10H2,1-2H3. The van der Waals surface area contributed by atoms with E-state index in [9.17, 15) is 0 Å². The minimum Gasteiger partial charge on any atom is -0.496 e. The predicted molar refractivity (Wildman–Crippen MR) is 70.4 cm³/mol. The van der Waals surface area contributed by atoms with Gasteiger partial charge in [0.2, 0.25) is 0 Å². The molecule has 0 N–H and O–H groups in total. The Kier molecular flexibility index (Phi) is 6.50. The van der Waals surface area contributed by atoms with Gasteiger partial charge in [-0.3, -0.25) is 0 Å². The highest BCUT2D eigenvalue weighted by Crippen LogP contribution is 2.28. The number of para-hydroxylation sites is 1. The van der Waals surface area contributed by atoms with E-state index in [0.717, 1.165) is 36.1 Å². The number of hydrogen-bond donors (Lipinski definition) is 0. The molecule has 16 heavy (non-hydrogen) atoms. The summed E-state index contributed by atoms with van der Waals surface area (Å²) in [6.45, 7) is 2.96. The lowest BCUT2D eigenvalue weighted by atomic mass is 10.1. The Balaban J connectivity index is 2.69. The van der Waals surface area contributed by atoms with Crippen LogP contribution in [0.15, 0.2) is 24.3 Å². The highest BCUT2D eigenvalue weighted by Gasteiger charge is 2.14. The van der Waals surface area contributed by atoms with Gasteiger partial charge in [0.25, 0.3) is 0 Å². The van der Waals surface area contributed by atoms with Crippen LogP contribution in [0, 0.1) is 0 Å². The Hall–Kier alpha value is -0.540. The minimum absolute atomic E-state index is 0.0719. The largest absolute Gasteiger partial charge is 0.496 e. The molecule has 0 amide bonds. The third-order valence-corrected chi connectivity index (χ3v) is 3.03. The SMILES string of the molecule is CCCCOC(CBr)c1ccccc1OC. The van der Waals surface area contributed by atoms with Crippen molar-refractivity contribution in [3.8, 4) is 5.75 Å². The second-order valence-corrected chi connectivity index (χ2v) is 4.26. The molecule has 2 nitrogen and oxygen atoms in total. The first kappa shape index (κ1) is 13.5. The molecule has 0 aliphatic rings. The van der Waals surface area contributed by atoms with E-state index in [-0.39, 0.29) is 6.10 Å². The summed E-state index contributed by atoms with van der Waals surface area (Å²) in [6, 6.07) is 8.00. The lowest BCUT2D eigenvalue weighted by Gasteiger charge is -2.18. The average Bonchev–Trinajstić information content (AvgIpc) is 2.35. The molecule has 0 fully saturated rings. The van der Waals surface area contributed by atoms with Crippen molar-refractivity contribution < 1.29 is 9.47 Å². The Morgan fingerprint density at radius 1 is 1.31 bits per heavy atom. The maximum atomic E-state index is 5.83. The zero-order valence-corrected chi connectivity index (χ0v) is 11.5. The van der Waals surface area contributed by atoms with Crippen molar-refractivity contribution in [1.29, 1.82) is 0 Å². The molecule has 0 saturated heterocycles. The van der Waals surface area contributed by atoms with E-state index in [0.29, 0.717) is 0 Å². The van der Waals surface area contributed by atoms with Crippen LogP contribution in [0.3, 0.4) is 0 Å². The minimum atomic E-state index is 0.0719. The van der Waals surface area contributed by atoms with Crippen LogP contribution in [0.4, 0.5) is 0 Å². The van der Waals surface area contributed by atoms with Crippen molar-refractivity contribution in [3.05, 3.63) is 29.8 Å². The van der Waals surface area contributed by atoms with E-state index in [2.05, 4.69) is 28.9 Å². The molecule has 0 heterocycles. The fourth-order valence-corrected chi connectivity index (χ4v) is 2.06. The van der Waals surface area contributed by atoms with Crippen molar-refractivity contribution in [3.63, 3.8) is 0 Å². The quantitative estimate of drug-likeness (QED) is 0.558. The van der Waals surface area contributed by atoms with E-state index in [1.807, 2.05) is 18.2 Å². The zero-order valence-electron chi connectivity index (χ0n) is 9.91. The molecule has 0 aliphatic carbocycles. The van der Waals surface area contributed by atoms with Crippen LogP contribution in [-0.2, 0) is 4.74 Å². The molecular weight excluding hydrogens is 268 g/mol. The lowest BCUT2D eigenvalue weighted by molar-refractivity contribution is 0.0660. The van der Waals surface area contributed by atoms with Gasteiger partial charge in [-0.1, -0.05) is 47.5 Å². The van der Waals surface area contributed by atoms with Gasteiger partial charge in [-0.15, -0.1) is 0 Å². The molecule has 0 saturated carbocycles. The predicted octanol–water partition coefficient (Wildman–Crippen LogP) is 3.95. The fraction of sp³-hybridized carbons (Fsp3) is 0.538. The number of halogens is 1. The second-order valence-electron chi connectivity index (χ2n) is 3.61. The molecule has 0 aliphatic heterocycles. The third kappa shape index (κ3) is 3.80. The van der Waals surface area contributed by atoms with Crippen LogP contribution in [0.1, 0.15) is 31.4 Å². The van der Waals surface area contributed by atoms with Crippen molar-refractivity contribution in [1.82, 2.24) is 0 Å². The number of hydrogen-bond acceptors (Lipinski definition) is 2. The topological polar surface area (TPSA) is 18.5 Å². The molecule has 90 valence electrons. The number of ether oxygens (including phenoxy) is 2. The second kappa shape index (κ2) is 7.69. The maximum absolute atomic E-state index is 5.83. The van der Waals surface area contributed by atoms with Gasteiger partial charge in [-0.2, -0.15) is 0 Å². The molecule has 0 bridgehead atoms. The van der Waals surface area contributed by atoms with Gasteiger partial charge in [0.1, 0.15) is 5.75 Å². The first-order chi connectivity index (χ1) is 7.83. The highest BCUT2D eigenvalue weighted by atomic mass is 79.9. The Labute approximate surface area is 106 Å². The fourth-order valence-electron chi connectivity index (χ4n) is 1.52. The Morgan fingerprint density at radius 3 is 2.69 bits per heavy atom. The normalized spacial score (nSPS) is 12.4. The monoisotopic (exact) mass is 286 g/mol. The molecule has 3 heteroatoms. The van der Waals surface area contributed by atoms with Crippen LogP contribution in [0.2, 0.25) is 0 Å². The van der Waals surface area contributed by atoms with Crippen molar-refractivity contribution >= 4 is 15.9 Å². The van der Waals surface area contributed by atoms with Gasteiger partial charge in [-0.05, 0) is 12.5 Å². The maximum Gasteiger partial charge on any atom is 0.124 e. The number of benzene rings is 1. The summed E-state index contributed by atoms with van der Waals surface area (Å²) in [4.78, 5) is 0. The van der Waals surface area contributed by atoms with Crippen molar-refractivity contribution in [2.45, 2.75) is 25.9 Å². The number of rotatable bonds is 7. The van der Waals surface area contributed by atoms with Crippen LogP contribution in [-0.4, -0.2) is 19.0 Å². The molecule has 0 radical (unpaired) electrons. The summed E-state index contributed by atoms with van der Waals surface area (Å²) in [7, 11) is 1.69. The van der Waals surface area contributed by atoms with Crippen molar-refractivity contribution in [2.75, 3.05) is 19.0 Å². The Bertz CT molecular complexity index is 302. The molecule has 1 atom stereocenters. The summed E-state index contributed by atoms with van der Waals surface area (Å²) in [5, 5.41) is 0.789. The molecule has 1 aromatic rings. The number of unbranched alkanes of at least 4 members (excludes halogenated alkanes) is 1. The Morgan fingerprint density at radius 2 is 2.06 bits per heavy atom. The van der Waals surface area contributed by atoms with Crippen LogP contribution in [0.25, 0.3) is 0 Å². The third-order valence-electron chi connectivity index (χ3n) is 2.44. The highest BCUT2D eigenvalue weighted by molar-refractivity contribution is 9.09.